The van der Waals surface area contributed by atoms with Gasteiger partial charge in [-0.05, 0) is 38.8 Å². The van der Waals surface area contributed by atoms with Crippen molar-refractivity contribution in [1.29, 1.82) is 0 Å². The molecule has 2 aliphatic rings. The second-order valence-corrected chi connectivity index (χ2v) is 5.77. The molecular formula is C14H28N2O. The van der Waals surface area contributed by atoms with Crippen molar-refractivity contribution in [3.63, 3.8) is 0 Å². The highest BCUT2D eigenvalue weighted by molar-refractivity contribution is 4.91. The van der Waals surface area contributed by atoms with Crippen LogP contribution in [-0.4, -0.2) is 50.3 Å². The predicted octanol–water partition coefficient (Wildman–Crippen LogP) is 1.88. The lowest BCUT2D eigenvalue weighted by Gasteiger charge is -2.40. The van der Waals surface area contributed by atoms with Gasteiger partial charge < -0.3 is 15.0 Å². The summed E-state index contributed by atoms with van der Waals surface area (Å²) in [6, 6.07) is 0.811. The molecule has 0 radical (unpaired) electrons. The van der Waals surface area contributed by atoms with Crippen LogP contribution < -0.4 is 5.32 Å². The minimum Gasteiger partial charge on any atom is -0.381 e. The zero-order chi connectivity index (χ0) is 12.1. The average molecular weight is 240 g/mol. The monoisotopic (exact) mass is 240 g/mol. The lowest BCUT2D eigenvalue weighted by Crippen LogP contribution is -2.49. The van der Waals surface area contributed by atoms with Crippen molar-refractivity contribution in [3.05, 3.63) is 0 Å². The maximum atomic E-state index is 5.76. The smallest absolute Gasteiger partial charge is 0.0546 e. The van der Waals surface area contributed by atoms with Crippen LogP contribution in [0.1, 0.15) is 39.5 Å². The van der Waals surface area contributed by atoms with E-state index in [4.69, 9.17) is 4.74 Å². The number of nitrogens with one attached hydrogen (secondary N) is 1. The number of hydrogen-bond donors (Lipinski definition) is 1. The molecule has 2 fully saturated rings. The van der Waals surface area contributed by atoms with Crippen molar-refractivity contribution < 1.29 is 4.74 Å². The van der Waals surface area contributed by atoms with Crippen molar-refractivity contribution in [2.75, 3.05) is 39.4 Å². The summed E-state index contributed by atoms with van der Waals surface area (Å²) in [5.41, 5.74) is 0.368. The summed E-state index contributed by atoms with van der Waals surface area (Å²) < 4.78 is 5.76. The summed E-state index contributed by atoms with van der Waals surface area (Å²) in [6.45, 7) is 11.1. The van der Waals surface area contributed by atoms with Crippen LogP contribution in [0.2, 0.25) is 0 Å². The van der Waals surface area contributed by atoms with E-state index in [2.05, 4.69) is 24.1 Å². The van der Waals surface area contributed by atoms with Gasteiger partial charge in [0.25, 0.3) is 0 Å². The molecule has 1 saturated carbocycles. The first-order valence-electron chi connectivity index (χ1n) is 7.31. The molecule has 0 aromatic rings. The van der Waals surface area contributed by atoms with E-state index in [-0.39, 0.29) is 0 Å². The third-order valence-corrected chi connectivity index (χ3v) is 4.20. The van der Waals surface area contributed by atoms with Gasteiger partial charge in [0, 0.05) is 31.2 Å². The summed E-state index contributed by atoms with van der Waals surface area (Å²) >= 11 is 0. The Hall–Kier alpha value is -0.120. The van der Waals surface area contributed by atoms with Crippen LogP contribution in [0, 0.1) is 5.41 Å². The van der Waals surface area contributed by atoms with Crippen molar-refractivity contribution in [1.82, 2.24) is 10.2 Å². The van der Waals surface area contributed by atoms with Crippen LogP contribution in [0.5, 0.6) is 0 Å². The van der Waals surface area contributed by atoms with Gasteiger partial charge in [0.05, 0.1) is 6.61 Å². The molecule has 1 aliphatic carbocycles. The van der Waals surface area contributed by atoms with Crippen LogP contribution in [-0.2, 0) is 4.74 Å². The summed E-state index contributed by atoms with van der Waals surface area (Å²) in [7, 11) is 0. The molecule has 1 heterocycles. The molecule has 1 aliphatic heterocycles. The van der Waals surface area contributed by atoms with Crippen molar-refractivity contribution in [2.24, 2.45) is 5.41 Å². The van der Waals surface area contributed by atoms with Gasteiger partial charge in [0.2, 0.25) is 0 Å². The highest BCUT2D eigenvalue weighted by Crippen LogP contribution is 2.30. The second kappa shape index (κ2) is 6.17. The first-order chi connectivity index (χ1) is 8.28. The zero-order valence-corrected chi connectivity index (χ0v) is 11.5. The summed E-state index contributed by atoms with van der Waals surface area (Å²) in [6.07, 6.45) is 5.31. The van der Waals surface area contributed by atoms with Gasteiger partial charge in [-0.1, -0.05) is 13.8 Å². The molecule has 0 aromatic heterocycles. The largest absolute Gasteiger partial charge is 0.381 e. The topological polar surface area (TPSA) is 24.5 Å². The van der Waals surface area contributed by atoms with E-state index >= 15 is 0 Å². The number of nitrogens with zero attached hydrogens (tertiary/aromatic N) is 1. The fourth-order valence-corrected chi connectivity index (χ4v) is 2.80. The lowest BCUT2D eigenvalue weighted by molar-refractivity contribution is -0.0250. The summed E-state index contributed by atoms with van der Waals surface area (Å²) in [5, 5.41) is 3.71. The molecule has 0 amide bonds. The van der Waals surface area contributed by atoms with E-state index in [0.29, 0.717) is 5.41 Å². The molecule has 1 atom stereocenters. The Morgan fingerprint density at radius 2 is 2.06 bits per heavy atom. The van der Waals surface area contributed by atoms with Crippen molar-refractivity contribution >= 4 is 0 Å². The number of hydrogen-bond acceptors (Lipinski definition) is 3. The summed E-state index contributed by atoms with van der Waals surface area (Å²) in [5.74, 6) is 0. The van der Waals surface area contributed by atoms with E-state index in [1.165, 1.54) is 32.2 Å². The Morgan fingerprint density at radius 3 is 2.59 bits per heavy atom. The van der Waals surface area contributed by atoms with Crippen LogP contribution >= 0.6 is 0 Å². The molecule has 3 nitrogen and oxygen atoms in total. The van der Waals surface area contributed by atoms with E-state index in [9.17, 15) is 0 Å². The first-order valence-corrected chi connectivity index (χ1v) is 7.31. The molecule has 1 unspecified atom stereocenters. The van der Waals surface area contributed by atoms with Gasteiger partial charge in [-0.2, -0.15) is 0 Å². The molecule has 17 heavy (non-hydrogen) atoms. The maximum Gasteiger partial charge on any atom is 0.0546 e. The Morgan fingerprint density at radius 1 is 1.29 bits per heavy atom. The molecule has 1 N–H and O–H groups in total. The first kappa shape index (κ1) is 13.3. The zero-order valence-electron chi connectivity index (χ0n) is 11.5. The van der Waals surface area contributed by atoms with Crippen LogP contribution in [0.3, 0.4) is 0 Å². The average Bonchev–Trinajstić information content (AvgIpc) is 3.19. The third kappa shape index (κ3) is 3.94. The van der Waals surface area contributed by atoms with E-state index in [1.54, 1.807) is 0 Å². The fourth-order valence-electron chi connectivity index (χ4n) is 2.80. The molecule has 0 bridgehead atoms. The maximum absolute atomic E-state index is 5.76. The van der Waals surface area contributed by atoms with Gasteiger partial charge in [0.1, 0.15) is 0 Å². The fraction of sp³-hybridized carbons (Fsp3) is 1.00. The molecule has 0 spiro atoms. The highest BCUT2D eigenvalue weighted by atomic mass is 16.5. The Balaban J connectivity index is 1.89. The third-order valence-electron chi connectivity index (χ3n) is 4.20. The minimum absolute atomic E-state index is 0.368. The number of rotatable bonds is 7. The van der Waals surface area contributed by atoms with E-state index in [1.807, 2.05) is 0 Å². The van der Waals surface area contributed by atoms with Crippen molar-refractivity contribution in [3.8, 4) is 0 Å². The second-order valence-electron chi connectivity index (χ2n) is 5.77. The van der Waals surface area contributed by atoms with Gasteiger partial charge in [-0.25, -0.2) is 0 Å². The molecule has 100 valence electrons. The predicted molar refractivity (Wildman–Crippen MR) is 71.3 cm³/mol. The molecule has 2 rings (SSSR count). The Labute approximate surface area is 106 Å². The standard InChI is InChI=1S/C14H28N2O/c1-3-16(4-2)11-14(8-5-9-17-12-14)10-15-13-6-7-13/h13,15H,3-12H2,1-2H3. The summed E-state index contributed by atoms with van der Waals surface area (Å²) in [4.78, 5) is 2.54. The van der Waals surface area contributed by atoms with Gasteiger partial charge in [0.15, 0.2) is 0 Å². The SMILES string of the molecule is CCN(CC)CC1(CNC2CC2)CCCOC1. The van der Waals surface area contributed by atoms with Crippen LogP contribution in [0.4, 0.5) is 0 Å². The normalized spacial score (nSPS) is 29.8. The molecular weight excluding hydrogens is 212 g/mol. The minimum atomic E-state index is 0.368. The molecule has 1 saturated heterocycles. The van der Waals surface area contributed by atoms with Gasteiger partial charge in [-0.3, -0.25) is 0 Å². The van der Waals surface area contributed by atoms with E-state index < -0.39 is 0 Å². The number of ether oxygens (including phenoxy) is 1. The molecule has 0 aromatic carbocycles. The van der Waals surface area contributed by atoms with E-state index in [0.717, 1.165) is 38.9 Å². The Bertz CT molecular complexity index is 218. The molecule has 3 heteroatoms. The quantitative estimate of drug-likeness (QED) is 0.735. The van der Waals surface area contributed by atoms with Crippen LogP contribution in [0.25, 0.3) is 0 Å². The van der Waals surface area contributed by atoms with Gasteiger partial charge >= 0.3 is 0 Å². The Kier molecular flexibility index (Phi) is 4.83. The van der Waals surface area contributed by atoms with Crippen molar-refractivity contribution in [2.45, 2.75) is 45.6 Å². The highest BCUT2D eigenvalue weighted by Gasteiger charge is 2.35. The van der Waals surface area contributed by atoms with Gasteiger partial charge in [-0.15, -0.1) is 0 Å². The lowest BCUT2D eigenvalue weighted by atomic mass is 9.81. The van der Waals surface area contributed by atoms with Crippen LogP contribution in [0.15, 0.2) is 0 Å².